The summed E-state index contributed by atoms with van der Waals surface area (Å²) in [7, 11) is 0. The van der Waals surface area contributed by atoms with Crippen LogP contribution in [0.4, 0.5) is 0 Å². The van der Waals surface area contributed by atoms with Gasteiger partial charge in [-0.3, -0.25) is 4.90 Å². The molecule has 2 saturated heterocycles. The summed E-state index contributed by atoms with van der Waals surface area (Å²) >= 11 is 0. The summed E-state index contributed by atoms with van der Waals surface area (Å²) in [5.74, 6) is 0.946. The molecule has 0 unspecified atom stereocenters. The van der Waals surface area contributed by atoms with Crippen LogP contribution >= 0.6 is 0 Å². The van der Waals surface area contributed by atoms with Gasteiger partial charge in [0.15, 0.2) is 0 Å². The molecule has 2 aliphatic heterocycles. The van der Waals surface area contributed by atoms with E-state index in [4.69, 9.17) is 0 Å². The first-order valence-electron chi connectivity index (χ1n) is 5.28. The van der Waals surface area contributed by atoms with Crippen molar-refractivity contribution in [1.29, 1.82) is 0 Å². The van der Waals surface area contributed by atoms with E-state index in [2.05, 4.69) is 24.1 Å². The summed E-state index contributed by atoms with van der Waals surface area (Å²) in [6.07, 6.45) is 4.95. The first kappa shape index (κ1) is 8.52. The van der Waals surface area contributed by atoms with Gasteiger partial charge in [-0.15, -0.1) is 0 Å². The van der Waals surface area contributed by atoms with Crippen LogP contribution < -0.4 is 5.32 Å². The fourth-order valence-electron chi connectivity index (χ4n) is 2.69. The third kappa shape index (κ3) is 1.38. The number of rotatable bonds is 1. The average molecular weight is 168 g/mol. The number of fused-ring (bicyclic) bond motifs is 1. The summed E-state index contributed by atoms with van der Waals surface area (Å²) in [5, 5.41) is 3.62. The minimum Gasteiger partial charge on any atom is -0.301 e. The maximum Gasteiger partial charge on any atom is 0.0628 e. The van der Waals surface area contributed by atoms with Gasteiger partial charge in [0, 0.05) is 6.04 Å². The maximum atomic E-state index is 3.62. The van der Waals surface area contributed by atoms with Gasteiger partial charge in [-0.2, -0.15) is 0 Å². The number of nitrogens with one attached hydrogen (secondary N) is 1. The fourth-order valence-corrected chi connectivity index (χ4v) is 2.69. The first-order valence-corrected chi connectivity index (χ1v) is 5.28. The van der Waals surface area contributed by atoms with Crippen LogP contribution in [-0.4, -0.2) is 30.2 Å². The second kappa shape index (κ2) is 3.35. The highest BCUT2D eigenvalue weighted by molar-refractivity contribution is 4.89. The van der Waals surface area contributed by atoms with Crippen LogP contribution in [-0.2, 0) is 0 Å². The average Bonchev–Trinajstić information content (AvgIpc) is 2.49. The molecule has 2 aliphatic rings. The lowest BCUT2D eigenvalue weighted by Crippen LogP contribution is -2.51. The Morgan fingerprint density at radius 3 is 2.92 bits per heavy atom. The van der Waals surface area contributed by atoms with Gasteiger partial charge in [0.1, 0.15) is 0 Å². The molecule has 12 heavy (non-hydrogen) atoms. The maximum absolute atomic E-state index is 3.62. The second-order valence-corrected chi connectivity index (χ2v) is 4.42. The van der Waals surface area contributed by atoms with Crippen LogP contribution in [0.1, 0.15) is 33.1 Å². The van der Waals surface area contributed by atoms with Gasteiger partial charge < -0.3 is 5.32 Å². The molecule has 0 aliphatic carbocycles. The molecular formula is C10H20N2. The second-order valence-electron chi connectivity index (χ2n) is 4.42. The van der Waals surface area contributed by atoms with E-state index in [9.17, 15) is 0 Å². The Balaban J connectivity index is 2.03. The molecule has 2 atom stereocenters. The number of nitrogens with zero attached hydrogens (tertiary/aromatic N) is 1. The van der Waals surface area contributed by atoms with Crippen molar-refractivity contribution in [3.8, 4) is 0 Å². The minimum absolute atomic E-state index is 0.707. The highest BCUT2D eigenvalue weighted by atomic mass is 15.3. The first-order chi connectivity index (χ1) is 5.79. The lowest BCUT2D eigenvalue weighted by atomic mass is 9.94. The largest absolute Gasteiger partial charge is 0.301 e. The number of likely N-dealkylation sites (tertiary alicyclic amines) is 1. The van der Waals surface area contributed by atoms with Crippen molar-refractivity contribution in [2.75, 3.05) is 13.1 Å². The molecule has 1 N–H and O–H groups in total. The van der Waals surface area contributed by atoms with Crippen LogP contribution in [0, 0.1) is 5.92 Å². The van der Waals surface area contributed by atoms with Crippen molar-refractivity contribution in [1.82, 2.24) is 10.2 Å². The topological polar surface area (TPSA) is 15.3 Å². The Morgan fingerprint density at radius 2 is 2.17 bits per heavy atom. The molecule has 0 saturated carbocycles. The van der Waals surface area contributed by atoms with Crippen molar-refractivity contribution in [3.63, 3.8) is 0 Å². The molecule has 0 aromatic rings. The highest BCUT2D eigenvalue weighted by Crippen LogP contribution is 2.29. The Bertz CT molecular complexity index is 156. The molecule has 2 rings (SSSR count). The van der Waals surface area contributed by atoms with Gasteiger partial charge in [-0.05, 0) is 52.1 Å². The fraction of sp³-hybridized carbons (Fsp3) is 1.00. The van der Waals surface area contributed by atoms with E-state index in [1.54, 1.807) is 0 Å². The molecule has 0 radical (unpaired) electrons. The lowest BCUT2D eigenvalue weighted by Gasteiger charge is -2.40. The van der Waals surface area contributed by atoms with Crippen molar-refractivity contribution < 1.29 is 0 Å². The number of hydrogen-bond donors (Lipinski definition) is 1. The van der Waals surface area contributed by atoms with Gasteiger partial charge in [0.2, 0.25) is 0 Å². The predicted octanol–water partition coefficient (Wildman–Crippen LogP) is 1.43. The molecule has 0 bridgehead atoms. The Hall–Kier alpha value is -0.0800. The summed E-state index contributed by atoms with van der Waals surface area (Å²) in [4.78, 5) is 2.63. The van der Waals surface area contributed by atoms with Crippen LogP contribution in [0.2, 0.25) is 0 Å². The molecule has 2 nitrogen and oxygen atoms in total. The summed E-state index contributed by atoms with van der Waals surface area (Å²) in [5.41, 5.74) is 0. The zero-order chi connectivity index (χ0) is 8.55. The molecule has 70 valence electrons. The van der Waals surface area contributed by atoms with E-state index in [1.807, 2.05) is 0 Å². The van der Waals surface area contributed by atoms with Gasteiger partial charge in [-0.25, -0.2) is 0 Å². The van der Waals surface area contributed by atoms with Crippen LogP contribution in [0.5, 0.6) is 0 Å². The molecular weight excluding hydrogens is 148 g/mol. The zero-order valence-electron chi connectivity index (χ0n) is 8.21. The molecule has 2 heteroatoms. The van der Waals surface area contributed by atoms with Crippen molar-refractivity contribution in [3.05, 3.63) is 0 Å². The lowest BCUT2D eigenvalue weighted by molar-refractivity contribution is 0.0695. The summed E-state index contributed by atoms with van der Waals surface area (Å²) in [6, 6.07) is 0.711. The summed E-state index contributed by atoms with van der Waals surface area (Å²) in [6.45, 7) is 7.15. The Labute approximate surface area is 75.3 Å². The minimum atomic E-state index is 0.707. The predicted molar refractivity (Wildman–Crippen MR) is 51.0 cm³/mol. The van der Waals surface area contributed by atoms with Crippen molar-refractivity contribution >= 4 is 0 Å². The molecule has 0 aromatic heterocycles. The van der Waals surface area contributed by atoms with E-state index in [0.717, 1.165) is 5.92 Å². The van der Waals surface area contributed by atoms with E-state index >= 15 is 0 Å². The quantitative estimate of drug-likeness (QED) is 0.637. The monoisotopic (exact) mass is 168 g/mol. The molecule has 0 amide bonds. The zero-order valence-corrected chi connectivity index (χ0v) is 8.21. The van der Waals surface area contributed by atoms with Gasteiger partial charge in [0.05, 0.1) is 6.17 Å². The van der Waals surface area contributed by atoms with Crippen molar-refractivity contribution in [2.24, 2.45) is 5.92 Å². The van der Waals surface area contributed by atoms with Crippen LogP contribution in [0.3, 0.4) is 0 Å². The molecule has 2 fully saturated rings. The third-order valence-corrected chi connectivity index (χ3v) is 3.33. The Morgan fingerprint density at radius 1 is 1.33 bits per heavy atom. The molecule has 0 aromatic carbocycles. The number of hydrogen-bond acceptors (Lipinski definition) is 2. The summed E-state index contributed by atoms with van der Waals surface area (Å²) < 4.78 is 0. The van der Waals surface area contributed by atoms with Gasteiger partial charge in [-0.1, -0.05) is 0 Å². The standard InChI is InChI=1S/C10H20N2/c1-8(2)12-7-3-4-9-5-6-11-10(9)12/h8-11H,3-7H2,1-2H3/t9-,10+/m0/s1. The molecule has 2 heterocycles. The van der Waals surface area contributed by atoms with Crippen LogP contribution in [0.25, 0.3) is 0 Å². The van der Waals surface area contributed by atoms with Crippen molar-refractivity contribution in [2.45, 2.75) is 45.3 Å². The third-order valence-electron chi connectivity index (χ3n) is 3.33. The smallest absolute Gasteiger partial charge is 0.0628 e. The van der Waals surface area contributed by atoms with E-state index in [-0.39, 0.29) is 0 Å². The van der Waals surface area contributed by atoms with Gasteiger partial charge in [0.25, 0.3) is 0 Å². The SMILES string of the molecule is CC(C)N1CCC[C@H]2CCN[C@@H]21. The highest BCUT2D eigenvalue weighted by Gasteiger charge is 2.35. The van der Waals surface area contributed by atoms with Crippen LogP contribution in [0.15, 0.2) is 0 Å². The number of piperidine rings is 1. The van der Waals surface area contributed by atoms with Gasteiger partial charge >= 0.3 is 0 Å². The van der Waals surface area contributed by atoms with E-state index in [0.29, 0.717) is 12.2 Å². The Kier molecular flexibility index (Phi) is 2.37. The normalized spacial score (nSPS) is 37.2. The molecule has 0 spiro atoms. The van der Waals surface area contributed by atoms with E-state index in [1.165, 1.54) is 32.4 Å². The van der Waals surface area contributed by atoms with E-state index < -0.39 is 0 Å².